The highest BCUT2D eigenvalue weighted by atomic mass is 16.4. The maximum Gasteiger partial charge on any atom is 0.328 e. The molecule has 0 heterocycles. The minimum absolute atomic E-state index is 0.00140. The van der Waals surface area contributed by atoms with Crippen molar-refractivity contribution in [3.63, 3.8) is 0 Å². The zero-order valence-electron chi connectivity index (χ0n) is 24.3. The molecular formula is C26H36N6O14. The molecule has 0 aliphatic carbocycles. The van der Waals surface area contributed by atoms with Crippen molar-refractivity contribution in [2.75, 3.05) is 13.2 Å². The molecule has 0 saturated carbocycles. The topological polar surface area (TPSA) is 344 Å². The molecule has 5 amide bonds. The number of carbonyl (C=O) groups excluding carboxylic acids is 5. The van der Waals surface area contributed by atoms with E-state index in [-0.39, 0.29) is 12.2 Å². The van der Waals surface area contributed by atoms with Crippen molar-refractivity contribution in [1.82, 2.24) is 26.6 Å². The molecular weight excluding hydrogens is 620 g/mol. The molecule has 0 spiro atoms. The van der Waals surface area contributed by atoms with E-state index in [2.05, 4.69) is 10.6 Å². The third-order valence-electron chi connectivity index (χ3n) is 6.05. The molecule has 0 bridgehead atoms. The molecule has 1 aromatic rings. The average Bonchev–Trinajstić information content (AvgIpc) is 2.96. The van der Waals surface area contributed by atoms with Crippen LogP contribution in [0, 0.1) is 0 Å². The fourth-order valence-corrected chi connectivity index (χ4v) is 3.67. The lowest BCUT2D eigenvalue weighted by Crippen LogP contribution is -2.61. The van der Waals surface area contributed by atoms with Gasteiger partial charge in [-0.1, -0.05) is 12.1 Å². The van der Waals surface area contributed by atoms with Crippen LogP contribution in [-0.2, 0) is 44.8 Å². The molecule has 20 heteroatoms. The van der Waals surface area contributed by atoms with Crippen molar-refractivity contribution in [2.45, 2.75) is 62.5 Å². The van der Waals surface area contributed by atoms with Crippen molar-refractivity contribution in [3.05, 3.63) is 29.8 Å². The Labute approximate surface area is 260 Å². The smallest absolute Gasteiger partial charge is 0.328 e. The molecule has 1 aromatic carbocycles. The number of carboxylic acids is 3. The van der Waals surface area contributed by atoms with Crippen LogP contribution in [0.2, 0.25) is 0 Å². The molecule has 46 heavy (non-hydrogen) atoms. The number of hydrogen-bond acceptors (Lipinski definition) is 12. The third-order valence-corrected chi connectivity index (χ3v) is 6.05. The van der Waals surface area contributed by atoms with Crippen molar-refractivity contribution < 1.29 is 69.0 Å². The highest BCUT2D eigenvalue weighted by Gasteiger charge is 2.34. The minimum atomic E-state index is -1.95. The number of amides is 5. The maximum atomic E-state index is 12.9. The first-order valence-corrected chi connectivity index (χ1v) is 13.4. The Morgan fingerprint density at radius 3 is 1.72 bits per heavy atom. The normalized spacial score (nSPS) is 14.6. The number of aromatic hydroxyl groups is 1. The predicted octanol–water partition coefficient (Wildman–Crippen LogP) is -5.28. The largest absolute Gasteiger partial charge is 0.508 e. The number of aliphatic carboxylic acids is 3. The molecule has 0 aliphatic heterocycles. The molecule has 20 nitrogen and oxygen atoms in total. The molecule has 13 N–H and O–H groups in total. The van der Waals surface area contributed by atoms with E-state index < -0.39 is 110 Å². The van der Waals surface area contributed by atoms with Crippen LogP contribution in [0.3, 0.4) is 0 Å². The van der Waals surface area contributed by atoms with Crippen molar-refractivity contribution in [2.24, 2.45) is 5.73 Å². The number of nitrogens with two attached hydrogens (primary N) is 1. The summed E-state index contributed by atoms with van der Waals surface area (Å²) in [6.45, 7) is -0.818. The minimum Gasteiger partial charge on any atom is -0.508 e. The van der Waals surface area contributed by atoms with E-state index in [9.17, 15) is 53.7 Å². The number of aliphatic hydroxyl groups excluding tert-OH is 2. The number of hydrogen-bond donors (Lipinski definition) is 12. The summed E-state index contributed by atoms with van der Waals surface area (Å²) in [7, 11) is 0. The zero-order valence-corrected chi connectivity index (χ0v) is 24.3. The number of aliphatic hydroxyl groups is 2. The van der Waals surface area contributed by atoms with Gasteiger partial charge in [0.2, 0.25) is 29.5 Å². The van der Waals surface area contributed by atoms with Gasteiger partial charge in [-0.2, -0.15) is 0 Å². The summed E-state index contributed by atoms with van der Waals surface area (Å²) < 4.78 is 0. The maximum absolute atomic E-state index is 12.9. The summed E-state index contributed by atoms with van der Waals surface area (Å²) in [5.41, 5.74) is 6.42. The SMILES string of the molecule is C[C@@H](O)[C@H](NC(=O)[C@H](CC(=O)O)NC(=O)CNC(=O)[C@@H](N)Cc1ccc(O)cc1)C(=O)N[C@@H](CC(=O)O)C(=O)N[C@@H](CO)C(=O)O. The van der Waals surface area contributed by atoms with Gasteiger partial charge in [-0.25, -0.2) is 4.79 Å². The van der Waals surface area contributed by atoms with Gasteiger partial charge < -0.3 is 63.0 Å². The molecule has 0 aromatic heterocycles. The molecule has 0 radical (unpaired) electrons. The molecule has 0 saturated heterocycles. The average molecular weight is 657 g/mol. The molecule has 0 fully saturated rings. The van der Waals surface area contributed by atoms with Gasteiger partial charge in [-0.05, 0) is 31.0 Å². The van der Waals surface area contributed by atoms with Gasteiger partial charge in [0.15, 0.2) is 0 Å². The number of rotatable bonds is 19. The van der Waals surface area contributed by atoms with Crippen LogP contribution in [0.15, 0.2) is 24.3 Å². The van der Waals surface area contributed by atoms with E-state index in [1.54, 1.807) is 0 Å². The number of carboxylic acid groups (broad SMARTS) is 3. The fourth-order valence-electron chi connectivity index (χ4n) is 3.67. The van der Waals surface area contributed by atoms with Crippen molar-refractivity contribution in [3.8, 4) is 5.75 Å². The molecule has 0 aliphatic rings. The molecule has 0 unspecified atom stereocenters. The van der Waals surface area contributed by atoms with Crippen LogP contribution in [0.1, 0.15) is 25.3 Å². The number of benzene rings is 1. The fraction of sp³-hybridized carbons (Fsp3) is 0.462. The second-order valence-corrected chi connectivity index (χ2v) is 9.88. The highest BCUT2D eigenvalue weighted by Crippen LogP contribution is 2.11. The van der Waals surface area contributed by atoms with Crippen LogP contribution in [0.25, 0.3) is 0 Å². The van der Waals surface area contributed by atoms with Gasteiger partial charge in [0.05, 0.1) is 38.1 Å². The molecule has 1 rings (SSSR count). The van der Waals surface area contributed by atoms with Crippen molar-refractivity contribution >= 4 is 47.4 Å². The number of carbonyl (C=O) groups is 8. The van der Waals surface area contributed by atoms with Gasteiger partial charge >= 0.3 is 17.9 Å². The summed E-state index contributed by atoms with van der Waals surface area (Å²) in [6.07, 6.45) is -3.81. The highest BCUT2D eigenvalue weighted by molar-refractivity contribution is 5.97. The second-order valence-electron chi connectivity index (χ2n) is 9.88. The predicted molar refractivity (Wildman–Crippen MR) is 151 cm³/mol. The summed E-state index contributed by atoms with van der Waals surface area (Å²) in [5, 5.41) is 65.9. The molecule has 254 valence electrons. The van der Waals surface area contributed by atoms with Gasteiger partial charge in [0.25, 0.3) is 0 Å². The van der Waals surface area contributed by atoms with E-state index in [4.69, 9.17) is 21.1 Å². The van der Waals surface area contributed by atoms with E-state index in [0.29, 0.717) is 5.56 Å². The van der Waals surface area contributed by atoms with Gasteiger partial charge in [0, 0.05) is 0 Å². The van der Waals surface area contributed by atoms with Gasteiger partial charge in [-0.15, -0.1) is 0 Å². The Hall–Kier alpha value is -5.34. The summed E-state index contributed by atoms with van der Waals surface area (Å²) in [4.78, 5) is 96.6. The third kappa shape index (κ3) is 13.5. The van der Waals surface area contributed by atoms with Crippen LogP contribution < -0.4 is 32.3 Å². The zero-order chi connectivity index (χ0) is 35.1. The van der Waals surface area contributed by atoms with Gasteiger partial charge in [-0.3, -0.25) is 33.6 Å². The summed E-state index contributed by atoms with van der Waals surface area (Å²) in [5.74, 6) is -10.7. The Balaban J connectivity index is 2.93. The van der Waals surface area contributed by atoms with Crippen LogP contribution >= 0.6 is 0 Å². The number of phenolic OH excluding ortho intramolecular Hbond substituents is 1. The Bertz CT molecular complexity index is 1290. The second kappa shape index (κ2) is 18.5. The van der Waals surface area contributed by atoms with Crippen LogP contribution in [0.5, 0.6) is 5.75 Å². The number of nitrogens with one attached hydrogen (secondary N) is 5. The quantitative estimate of drug-likeness (QED) is 0.0661. The first-order chi connectivity index (χ1) is 21.4. The Morgan fingerprint density at radius 1 is 0.739 bits per heavy atom. The Kier molecular flexibility index (Phi) is 15.5. The van der Waals surface area contributed by atoms with Crippen molar-refractivity contribution in [1.29, 1.82) is 0 Å². The van der Waals surface area contributed by atoms with E-state index in [1.165, 1.54) is 24.3 Å². The van der Waals surface area contributed by atoms with E-state index in [0.717, 1.165) is 6.92 Å². The molecule has 6 atom stereocenters. The van der Waals surface area contributed by atoms with E-state index >= 15 is 0 Å². The number of phenols is 1. The lowest BCUT2D eigenvalue weighted by Gasteiger charge is -2.26. The van der Waals surface area contributed by atoms with Gasteiger partial charge in [0.1, 0.15) is 29.9 Å². The monoisotopic (exact) mass is 656 g/mol. The summed E-state index contributed by atoms with van der Waals surface area (Å²) >= 11 is 0. The van der Waals surface area contributed by atoms with Crippen LogP contribution in [0.4, 0.5) is 0 Å². The first kappa shape index (κ1) is 38.7. The Morgan fingerprint density at radius 2 is 1.24 bits per heavy atom. The van der Waals surface area contributed by atoms with E-state index in [1.807, 2.05) is 16.0 Å². The lowest BCUT2D eigenvalue weighted by molar-refractivity contribution is -0.144. The van der Waals surface area contributed by atoms with Crippen LogP contribution in [-0.4, -0.2) is 128 Å². The first-order valence-electron chi connectivity index (χ1n) is 13.4. The lowest BCUT2D eigenvalue weighted by atomic mass is 10.1. The standard InChI is InChI=1S/C26H36N6O14/c1-11(34)21(25(44)30-16(8-20(39)40)23(42)31-17(10-33)26(45)46)32-24(43)15(7-19(37)38)29-18(36)9-28-22(41)14(27)6-12-2-4-13(35)5-3-12/h2-5,11,14-17,21,33-35H,6-10,27H2,1H3,(H,28,41)(H,29,36)(H,30,44)(H,31,42)(H,32,43)(H,37,38)(H,39,40)(H,45,46)/t11-,14+,15+,16+,17+,21+/m1/s1. The summed E-state index contributed by atoms with van der Waals surface area (Å²) in [6, 6.07) is -2.91.